The fourth-order valence-electron chi connectivity index (χ4n) is 3.66. The number of carboxylic acids is 2. The van der Waals surface area contributed by atoms with Crippen LogP contribution in [-0.4, -0.2) is 34.1 Å². The van der Waals surface area contributed by atoms with Crippen LogP contribution in [0, 0.1) is 0 Å². The van der Waals surface area contributed by atoms with Crippen molar-refractivity contribution in [3.8, 4) is 11.1 Å². The molecule has 5 rings (SSSR count). The summed E-state index contributed by atoms with van der Waals surface area (Å²) in [7, 11) is 0. The number of hydrogen-bond donors (Lipinski definition) is 2. The molecule has 0 spiro atoms. The van der Waals surface area contributed by atoms with Gasteiger partial charge in [-0.3, -0.25) is 0 Å². The van der Waals surface area contributed by atoms with Crippen LogP contribution in [0.5, 0.6) is 0 Å². The molecule has 0 amide bonds. The molecule has 0 saturated carbocycles. The number of ether oxygens (including phenoxy) is 1. The van der Waals surface area contributed by atoms with E-state index in [1.807, 2.05) is 30.3 Å². The third-order valence-electron chi connectivity index (χ3n) is 4.98. The monoisotopic (exact) mass is 402 g/mol. The predicted octanol–water partition coefficient (Wildman–Crippen LogP) is 3.65. The molecule has 7 heteroatoms. The summed E-state index contributed by atoms with van der Waals surface area (Å²) in [5, 5.41) is 17.1. The molecule has 0 saturated heterocycles. The number of cyclic esters (lactones) is 2. The van der Waals surface area contributed by atoms with Gasteiger partial charge in [-0.15, -0.1) is 0 Å². The molecular formula is C23H14O7. The molecule has 7 nitrogen and oxygen atoms in total. The molecule has 0 bridgehead atoms. The lowest BCUT2D eigenvalue weighted by molar-refractivity contribution is 0.0442. The van der Waals surface area contributed by atoms with Crippen LogP contribution in [0.4, 0.5) is 0 Å². The van der Waals surface area contributed by atoms with E-state index >= 15 is 0 Å². The van der Waals surface area contributed by atoms with Crippen LogP contribution in [0.3, 0.4) is 0 Å². The van der Waals surface area contributed by atoms with Crippen molar-refractivity contribution < 1.29 is 34.1 Å². The Bertz CT molecular complexity index is 1210. The third kappa shape index (κ3) is 3.12. The molecule has 148 valence electrons. The molecule has 0 atom stereocenters. The van der Waals surface area contributed by atoms with E-state index in [0.717, 1.165) is 16.7 Å². The average molecular weight is 402 g/mol. The first-order valence-electron chi connectivity index (χ1n) is 8.94. The molecule has 2 aliphatic rings. The van der Waals surface area contributed by atoms with Gasteiger partial charge in [0.2, 0.25) is 0 Å². The minimum Gasteiger partial charge on any atom is -0.478 e. The Balaban J connectivity index is 0.000000159. The van der Waals surface area contributed by atoms with Crippen molar-refractivity contribution in [2.75, 3.05) is 0 Å². The van der Waals surface area contributed by atoms with E-state index in [-0.39, 0.29) is 11.1 Å². The largest absolute Gasteiger partial charge is 0.478 e. The summed E-state index contributed by atoms with van der Waals surface area (Å²) in [5.41, 5.74) is 4.76. The van der Waals surface area contributed by atoms with Crippen molar-refractivity contribution in [1.82, 2.24) is 0 Å². The van der Waals surface area contributed by atoms with Gasteiger partial charge in [-0.05, 0) is 46.9 Å². The van der Waals surface area contributed by atoms with Gasteiger partial charge >= 0.3 is 23.9 Å². The van der Waals surface area contributed by atoms with Crippen molar-refractivity contribution in [2.24, 2.45) is 0 Å². The first-order chi connectivity index (χ1) is 14.4. The van der Waals surface area contributed by atoms with Gasteiger partial charge in [0.15, 0.2) is 0 Å². The maximum Gasteiger partial charge on any atom is 0.347 e. The van der Waals surface area contributed by atoms with Crippen LogP contribution in [0.2, 0.25) is 0 Å². The van der Waals surface area contributed by atoms with E-state index in [1.54, 1.807) is 6.07 Å². The maximum atomic E-state index is 11.7. The van der Waals surface area contributed by atoms with E-state index in [2.05, 4.69) is 4.74 Å². The van der Waals surface area contributed by atoms with Crippen LogP contribution < -0.4 is 0 Å². The Morgan fingerprint density at radius 1 is 0.700 bits per heavy atom. The normalized spacial score (nSPS) is 12.8. The second-order valence-electron chi connectivity index (χ2n) is 6.68. The molecule has 1 aliphatic heterocycles. The second-order valence-corrected chi connectivity index (χ2v) is 6.68. The highest BCUT2D eigenvalue weighted by Gasteiger charge is 2.35. The van der Waals surface area contributed by atoms with Crippen LogP contribution in [0.25, 0.3) is 11.1 Å². The molecule has 0 unspecified atom stereocenters. The molecule has 2 N–H and O–H groups in total. The Kier molecular flexibility index (Phi) is 4.63. The van der Waals surface area contributed by atoms with Gasteiger partial charge in [-0.2, -0.15) is 0 Å². The summed E-state index contributed by atoms with van der Waals surface area (Å²) in [6, 6.07) is 17.1. The standard InChI is InChI=1S/C15H8O3.C8H6O4/c16-14-11-6-5-10-9-4-2-1-3-8(9)7-12(10)13(11)15(17)18-14;9-7(10)5-3-1-2-4-6(5)8(11)12/h1-6H,7H2;1-4H,(H,9,10)(H,11,12). The average Bonchev–Trinajstić information content (AvgIpc) is 3.25. The number of benzene rings is 3. The highest BCUT2D eigenvalue weighted by Crippen LogP contribution is 2.40. The van der Waals surface area contributed by atoms with Crippen molar-refractivity contribution in [2.45, 2.75) is 6.42 Å². The zero-order chi connectivity index (χ0) is 21.4. The Hall–Kier alpha value is -4.26. The van der Waals surface area contributed by atoms with Crippen molar-refractivity contribution in [3.05, 3.63) is 94.0 Å². The summed E-state index contributed by atoms with van der Waals surface area (Å²) >= 11 is 0. The lowest BCUT2D eigenvalue weighted by Crippen LogP contribution is -2.06. The number of aromatic carboxylic acids is 2. The molecular weight excluding hydrogens is 388 g/mol. The van der Waals surface area contributed by atoms with Gasteiger partial charge in [-0.1, -0.05) is 42.5 Å². The van der Waals surface area contributed by atoms with Crippen LogP contribution in [0.15, 0.2) is 60.7 Å². The van der Waals surface area contributed by atoms with E-state index in [4.69, 9.17) is 10.2 Å². The number of carbonyl (C=O) groups excluding carboxylic acids is 2. The van der Waals surface area contributed by atoms with E-state index in [1.165, 1.54) is 29.8 Å². The maximum absolute atomic E-state index is 11.7. The topological polar surface area (TPSA) is 118 Å². The molecule has 3 aromatic rings. The fourth-order valence-corrected chi connectivity index (χ4v) is 3.66. The quantitative estimate of drug-likeness (QED) is 0.388. The Labute approximate surface area is 170 Å². The first-order valence-corrected chi connectivity index (χ1v) is 8.94. The highest BCUT2D eigenvalue weighted by atomic mass is 16.6. The molecule has 30 heavy (non-hydrogen) atoms. The molecule has 0 aromatic heterocycles. The number of hydrogen-bond acceptors (Lipinski definition) is 5. The third-order valence-corrected chi connectivity index (χ3v) is 4.98. The molecule has 0 fully saturated rings. The summed E-state index contributed by atoms with van der Waals surface area (Å²) in [6.45, 7) is 0. The van der Waals surface area contributed by atoms with E-state index in [0.29, 0.717) is 17.5 Å². The second kappa shape index (κ2) is 7.29. The molecule has 1 aliphatic carbocycles. The van der Waals surface area contributed by atoms with Crippen molar-refractivity contribution in [1.29, 1.82) is 0 Å². The highest BCUT2D eigenvalue weighted by molar-refractivity contribution is 6.16. The van der Waals surface area contributed by atoms with Crippen LogP contribution in [0.1, 0.15) is 52.6 Å². The zero-order valence-corrected chi connectivity index (χ0v) is 15.4. The van der Waals surface area contributed by atoms with Crippen molar-refractivity contribution >= 4 is 23.9 Å². The summed E-state index contributed by atoms with van der Waals surface area (Å²) in [4.78, 5) is 44.2. The summed E-state index contributed by atoms with van der Waals surface area (Å²) in [5.74, 6) is -3.51. The van der Waals surface area contributed by atoms with Gasteiger partial charge in [0.1, 0.15) is 0 Å². The van der Waals surface area contributed by atoms with E-state index < -0.39 is 23.9 Å². The van der Waals surface area contributed by atoms with Gasteiger partial charge in [0.25, 0.3) is 0 Å². The SMILES string of the molecule is O=C(O)c1ccccc1C(=O)O.O=C1OC(=O)c2c1ccc1c2Cc2ccccc2-1. The fraction of sp³-hybridized carbons (Fsp3) is 0.0435. The minimum absolute atomic E-state index is 0.190. The number of fused-ring (bicyclic) bond motifs is 5. The van der Waals surface area contributed by atoms with Gasteiger partial charge in [-0.25, -0.2) is 19.2 Å². The molecule has 3 aromatic carbocycles. The smallest absolute Gasteiger partial charge is 0.347 e. The number of esters is 2. The summed E-state index contributed by atoms with van der Waals surface area (Å²) < 4.78 is 4.68. The van der Waals surface area contributed by atoms with Gasteiger partial charge in [0, 0.05) is 0 Å². The van der Waals surface area contributed by atoms with Gasteiger partial charge < -0.3 is 14.9 Å². The van der Waals surface area contributed by atoms with E-state index in [9.17, 15) is 19.2 Å². The lowest BCUT2D eigenvalue weighted by Gasteiger charge is -2.02. The predicted molar refractivity (Wildman–Crippen MR) is 105 cm³/mol. The first kappa shape index (κ1) is 19.1. The Morgan fingerprint density at radius 3 is 1.90 bits per heavy atom. The van der Waals surface area contributed by atoms with Crippen LogP contribution in [-0.2, 0) is 11.2 Å². The molecule has 1 heterocycles. The summed E-state index contributed by atoms with van der Waals surface area (Å²) in [6.07, 6.45) is 0.692. The lowest BCUT2D eigenvalue weighted by atomic mass is 9.97. The molecule has 0 radical (unpaired) electrons. The number of carbonyl (C=O) groups is 4. The minimum atomic E-state index is -1.23. The van der Waals surface area contributed by atoms with Gasteiger partial charge in [0.05, 0.1) is 22.3 Å². The zero-order valence-electron chi connectivity index (χ0n) is 15.4. The number of carboxylic acid groups (broad SMARTS) is 2. The number of rotatable bonds is 2. The van der Waals surface area contributed by atoms with Crippen molar-refractivity contribution in [3.63, 3.8) is 0 Å². The van der Waals surface area contributed by atoms with Crippen LogP contribution >= 0.6 is 0 Å². The Morgan fingerprint density at radius 2 is 1.27 bits per heavy atom.